The second-order valence-corrected chi connectivity index (χ2v) is 10.1. The molecular weight excluding hydrogens is 460 g/mol. The maximum absolute atomic E-state index is 12.8. The molecule has 0 aliphatic heterocycles. The Labute approximate surface area is 198 Å². The van der Waals surface area contributed by atoms with E-state index in [0.29, 0.717) is 29.8 Å². The molecule has 0 radical (unpaired) electrons. The zero-order valence-electron chi connectivity index (χ0n) is 18.5. The summed E-state index contributed by atoms with van der Waals surface area (Å²) in [5.41, 5.74) is 1.63. The van der Waals surface area contributed by atoms with Gasteiger partial charge in [0.25, 0.3) is 0 Å². The molecule has 10 heteroatoms. The second-order valence-electron chi connectivity index (χ2n) is 7.16. The highest BCUT2D eigenvalue weighted by molar-refractivity contribution is 7.99. The molecule has 1 amide bonds. The first-order valence-electron chi connectivity index (χ1n) is 10.3. The molecule has 0 aliphatic rings. The average molecular weight is 487 g/mol. The van der Waals surface area contributed by atoms with Gasteiger partial charge in [0, 0.05) is 12.2 Å². The van der Waals surface area contributed by atoms with E-state index in [2.05, 4.69) is 22.1 Å². The van der Waals surface area contributed by atoms with Crippen LogP contribution in [0, 0.1) is 6.92 Å². The van der Waals surface area contributed by atoms with Crippen molar-refractivity contribution < 1.29 is 17.9 Å². The molecule has 174 valence electrons. The molecule has 1 N–H and O–H groups in total. The monoisotopic (exact) mass is 486 g/mol. The van der Waals surface area contributed by atoms with Crippen molar-refractivity contribution in [3.05, 3.63) is 72.6 Å². The predicted octanol–water partition coefficient (Wildman–Crippen LogP) is 3.88. The SMILES string of the molecule is C=CCn1c(CS(=O)(=O)c2ccc(C)cc2)nnc1SCC(=O)Nc1ccc(OCC)cc1. The Morgan fingerprint density at radius 2 is 1.85 bits per heavy atom. The zero-order valence-corrected chi connectivity index (χ0v) is 20.2. The van der Waals surface area contributed by atoms with E-state index in [4.69, 9.17) is 4.74 Å². The minimum atomic E-state index is -3.59. The Hall–Kier alpha value is -3.11. The minimum absolute atomic E-state index is 0.0905. The molecule has 3 aromatic rings. The molecule has 0 aliphatic carbocycles. The van der Waals surface area contributed by atoms with Crippen LogP contribution in [0.25, 0.3) is 0 Å². The number of amides is 1. The van der Waals surface area contributed by atoms with E-state index in [1.807, 2.05) is 13.8 Å². The highest BCUT2D eigenvalue weighted by atomic mass is 32.2. The molecule has 0 fully saturated rings. The largest absolute Gasteiger partial charge is 0.494 e. The van der Waals surface area contributed by atoms with Gasteiger partial charge in [0.2, 0.25) is 5.91 Å². The predicted molar refractivity (Wildman–Crippen MR) is 129 cm³/mol. The van der Waals surface area contributed by atoms with Crippen LogP contribution in [0.5, 0.6) is 5.75 Å². The number of sulfone groups is 1. The van der Waals surface area contributed by atoms with Crippen molar-refractivity contribution in [2.75, 3.05) is 17.7 Å². The summed E-state index contributed by atoms with van der Waals surface area (Å²) in [6.07, 6.45) is 1.63. The molecule has 1 aromatic heterocycles. The maximum atomic E-state index is 12.8. The molecule has 0 bridgehead atoms. The number of allylic oxidation sites excluding steroid dienone is 1. The van der Waals surface area contributed by atoms with Gasteiger partial charge in [-0.1, -0.05) is 35.5 Å². The standard InChI is InChI=1S/C23H26N4O4S2/c1-4-14-27-21(16-33(29,30)20-12-6-17(3)7-13-20)25-26-23(27)32-15-22(28)24-18-8-10-19(11-9-18)31-5-2/h4,6-13H,1,5,14-16H2,2-3H3,(H,24,28). The van der Waals surface area contributed by atoms with Crippen LogP contribution in [-0.2, 0) is 26.9 Å². The van der Waals surface area contributed by atoms with Crippen molar-refractivity contribution in [1.29, 1.82) is 0 Å². The number of rotatable bonds is 11. The van der Waals surface area contributed by atoms with Crippen molar-refractivity contribution in [2.24, 2.45) is 0 Å². The molecule has 3 rings (SSSR count). The molecule has 2 aromatic carbocycles. The van der Waals surface area contributed by atoms with Crippen molar-refractivity contribution in [3.63, 3.8) is 0 Å². The molecule has 8 nitrogen and oxygen atoms in total. The normalized spacial score (nSPS) is 11.2. The van der Waals surface area contributed by atoms with Crippen LogP contribution < -0.4 is 10.1 Å². The van der Waals surface area contributed by atoms with Gasteiger partial charge in [-0.25, -0.2) is 8.42 Å². The molecule has 0 unspecified atom stereocenters. The molecule has 33 heavy (non-hydrogen) atoms. The first kappa shape index (κ1) is 24.5. The molecule has 0 spiro atoms. The van der Waals surface area contributed by atoms with Crippen LogP contribution in [-0.4, -0.2) is 41.4 Å². The topological polar surface area (TPSA) is 103 Å². The Morgan fingerprint density at radius 1 is 1.15 bits per heavy atom. The summed E-state index contributed by atoms with van der Waals surface area (Å²) in [5, 5.41) is 11.4. The van der Waals surface area contributed by atoms with Gasteiger partial charge in [0.05, 0.1) is 17.3 Å². The van der Waals surface area contributed by atoms with E-state index in [9.17, 15) is 13.2 Å². The molecule has 0 saturated heterocycles. The van der Waals surface area contributed by atoms with E-state index in [1.54, 1.807) is 59.2 Å². The zero-order chi connectivity index (χ0) is 23.8. The maximum Gasteiger partial charge on any atom is 0.234 e. The van der Waals surface area contributed by atoms with Crippen LogP contribution in [0.1, 0.15) is 18.3 Å². The Balaban J connectivity index is 1.66. The summed E-state index contributed by atoms with van der Waals surface area (Å²) in [6, 6.07) is 13.8. The van der Waals surface area contributed by atoms with Gasteiger partial charge in [-0.05, 0) is 50.2 Å². The number of thioether (sulfide) groups is 1. The summed E-state index contributed by atoms with van der Waals surface area (Å²) in [7, 11) is -3.59. The fourth-order valence-electron chi connectivity index (χ4n) is 2.97. The van der Waals surface area contributed by atoms with Gasteiger partial charge in [0.1, 0.15) is 17.3 Å². The van der Waals surface area contributed by atoms with Crippen LogP contribution in [0.15, 0.2) is 71.2 Å². The highest BCUT2D eigenvalue weighted by Crippen LogP contribution is 2.22. The van der Waals surface area contributed by atoms with Gasteiger partial charge in [0.15, 0.2) is 15.0 Å². The number of aryl methyl sites for hydroxylation is 1. The van der Waals surface area contributed by atoms with Crippen molar-refractivity contribution in [1.82, 2.24) is 14.8 Å². The second kappa shape index (κ2) is 11.2. The van der Waals surface area contributed by atoms with Gasteiger partial charge >= 0.3 is 0 Å². The highest BCUT2D eigenvalue weighted by Gasteiger charge is 2.21. The lowest BCUT2D eigenvalue weighted by Gasteiger charge is -2.09. The number of aromatic nitrogens is 3. The summed E-state index contributed by atoms with van der Waals surface area (Å²) < 4.78 is 32.7. The van der Waals surface area contributed by atoms with Crippen molar-refractivity contribution >= 4 is 33.2 Å². The summed E-state index contributed by atoms with van der Waals surface area (Å²) in [6.45, 7) is 8.43. The van der Waals surface area contributed by atoms with E-state index >= 15 is 0 Å². The van der Waals surface area contributed by atoms with E-state index in [1.165, 1.54) is 11.8 Å². The molecule has 0 saturated carbocycles. The van der Waals surface area contributed by atoms with Gasteiger partial charge in [-0.3, -0.25) is 4.79 Å². The first-order chi connectivity index (χ1) is 15.8. The number of nitrogens with one attached hydrogen (secondary N) is 1. The van der Waals surface area contributed by atoms with Crippen molar-refractivity contribution in [2.45, 2.75) is 36.2 Å². The quantitative estimate of drug-likeness (QED) is 0.324. The number of nitrogens with zero attached hydrogens (tertiary/aromatic N) is 3. The van der Waals surface area contributed by atoms with Crippen molar-refractivity contribution in [3.8, 4) is 5.75 Å². The lowest BCUT2D eigenvalue weighted by Crippen LogP contribution is -2.15. The fourth-order valence-corrected chi connectivity index (χ4v) is 5.01. The summed E-state index contributed by atoms with van der Waals surface area (Å²) in [4.78, 5) is 12.6. The third-order valence-corrected chi connectivity index (χ3v) is 7.18. The lowest BCUT2D eigenvalue weighted by molar-refractivity contribution is -0.113. The number of carbonyl (C=O) groups excluding carboxylic acids is 1. The Kier molecular flexibility index (Phi) is 8.29. The van der Waals surface area contributed by atoms with Crippen LogP contribution in [0.2, 0.25) is 0 Å². The van der Waals surface area contributed by atoms with E-state index < -0.39 is 9.84 Å². The Bertz CT molecular complexity index is 1200. The van der Waals surface area contributed by atoms with Crippen LogP contribution in [0.4, 0.5) is 5.69 Å². The molecular formula is C23H26N4O4S2. The Morgan fingerprint density at radius 3 is 2.48 bits per heavy atom. The van der Waals surface area contributed by atoms with Gasteiger partial charge in [-0.2, -0.15) is 0 Å². The van der Waals surface area contributed by atoms with Crippen LogP contribution in [0.3, 0.4) is 0 Å². The third-order valence-electron chi connectivity index (χ3n) is 4.59. The first-order valence-corrected chi connectivity index (χ1v) is 12.9. The molecule has 0 atom stereocenters. The number of carbonyl (C=O) groups is 1. The van der Waals surface area contributed by atoms with E-state index in [0.717, 1.165) is 11.3 Å². The minimum Gasteiger partial charge on any atom is -0.494 e. The smallest absolute Gasteiger partial charge is 0.234 e. The third kappa shape index (κ3) is 6.69. The number of anilines is 1. The molecule has 1 heterocycles. The van der Waals surface area contributed by atoms with Gasteiger partial charge in [-0.15, -0.1) is 16.8 Å². The van der Waals surface area contributed by atoms with Crippen LogP contribution >= 0.6 is 11.8 Å². The average Bonchev–Trinajstić information content (AvgIpc) is 3.15. The number of benzene rings is 2. The summed E-state index contributed by atoms with van der Waals surface area (Å²) >= 11 is 1.18. The van der Waals surface area contributed by atoms with E-state index in [-0.39, 0.29) is 22.3 Å². The number of hydrogen-bond donors (Lipinski definition) is 1. The lowest BCUT2D eigenvalue weighted by atomic mass is 10.2. The number of ether oxygens (including phenoxy) is 1. The fraction of sp³-hybridized carbons (Fsp3) is 0.261. The number of hydrogen-bond acceptors (Lipinski definition) is 7. The van der Waals surface area contributed by atoms with Gasteiger partial charge < -0.3 is 14.6 Å². The summed E-state index contributed by atoms with van der Waals surface area (Å²) in [5.74, 6) is 0.606.